The van der Waals surface area contributed by atoms with Crippen LogP contribution in [-0.4, -0.2) is 182 Å². The van der Waals surface area contributed by atoms with Gasteiger partial charge in [0.05, 0.1) is 70.4 Å². The molecule has 6 aromatic rings. The summed E-state index contributed by atoms with van der Waals surface area (Å²) in [6, 6.07) is 26.4. The van der Waals surface area contributed by atoms with Crippen LogP contribution < -0.4 is 51.2 Å². The van der Waals surface area contributed by atoms with Crippen LogP contribution in [0.25, 0.3) is 0 Å². The van der Waals surface area contributed by atoms with Gasteiger partial charge in [0.1, 0.15) is 37.3 Å². The van der Waals surface area contributed by atoms with Crippen molar-refractivity contribution in [1.82, 2.24) is 40.1 Å². The predicted octanol–water partition coefficient (Wildman–Crippen LogP) is 5.41. The van der Waals surface area contributed by atoms with Crippen molar-refractivity contribution in [3.63, 3.8) is 0 Å². The van der Waals surface area contributed by atoms with E-state index in [1.807, 2.05) is 31.2 Å². The second-order valence-corrected chi connectivity index (χ2v) is 22.0. The van der Waals surface area contributed by atoms with Crippen molar-refractivity contribution < 1.29 is 69.3 Å². The number of methoxy groups -OCH3 is 3. The van der Waals surface area contributed by atoms with E-state index in [9.17, 15) is 19.2 Å². The number of ether oxygens (including phenoxy) is 7. The molecule has 0 radical (unpaired) electrons. The van der Waals surface area contributed by atoms with Crippen molar-refractivity contribution in [2.75, 3.05) is 115 Å². The third kappa shape index (κ3) is 23.4. The van der Waals surface area contributed by atoms with Gasteiger partial charge < -0.3 is 62.4 Å². The minimum atomic E-state index is -0.0305. The van der Waals surface area contributed by atoms with Crippen molar-refractivity contribution in [2.45, 2.75) is 117 Å². The zero-order valence-electron chi connectivity index (χ0n) is 55.3. The molecule has 1 atom stereocenters. The molecule has 25 heteroatoms. The van der Waals surface area contributed by atoms with Crippen molar-refractivity contribution in [2.24, 2.45) is 0 Å². The van der Waals surface area contributed by atoms with Crippen LogP contribution in [0.15, 0.2) is 91.4 Å². The number of Topliss-reactive ketones (excluding diaryl/α,β-unsaturated/α-hetero) is 1. The maximum absolute atomic E-state index is 12.6. The number of nitrogens with zero attached hydrogens (tertiary/aromatic N) is 11. The first-order valence-electron chi connectivity index (χ1n) is 31.8. The molecule has 3 aromatic carbocycles. The number of benzene rings is 3. The molecular formula is C69H89BrMgN12O11. The van der Waals surface area contributed by atoms with Gasteiger partial charge in [-0.3, -0.25) is 38.8 Å². The fraction of sp³-hybridized carbons (Fsp3) is 0.478. The molecule has 0 aliphatic carbocycles. The Labute approximate surface area is 579 Å². The van der Waals surface area contributed by atoms with E-state index in [-0.39, 0.29) is 94.4 Å². The average molecular weight is 1370 g/mol. The average Bonchev–Trinajstić information content (AvgIpc) is 1.67. The van der Waals surface area contributed by atoms with Gasteiger partial charge in [-0.2, -0.15) is 27.1 Å². The third-order valence-electron chi connectivity index (χ3n) is 15.5. The van der Waals surface area contributed by atoms with E-state index in [0.29, 0.717) is 107 Å². The summed E-state index contributed by atoms with van der Waals surface area (Å²) in [5, 5.41) is 12.1. The number of hydrogen-bond acceptors (Lipinski definition) is 20. The Morgan fingerprint density at radius 3 is 1.28 bits per heavy atom. The van der Waals surface area contributed by atoms with Crippen molar-refractivity contribution in [3.05, 3.63) is 148 Å². The number of nitriles is 1. The molecular weight excluding hydrogens is 1280 g/mol. The van der Waals surface area contributed by atoms with E-state index in [2.05, 4.69) is 84.3 Å². The molecule has 1 N–H and O–H groups in total. The van der Waals surface area contributed by atoms with Crippen LogP contribution in [-0.2, 0) is 72.2 Å². The summed E-state index contributed by atoms with van der Waals surface area (Å²) in [7, 11) is 4.80. The number of carbonyl (C=O) groups excluding carboxylic acids is 4. The molecule has 9 heterocycles. The first-order valence-corrected chi connectivity index (χ1v) is 31.8. The van der Waals surface area contributed by atoms with Gasteiger partial charge in [-0.05, 0) is 106 Å². The molecule has 0 bridgehead atoms. The summed E-state index contributed by atoms with van der Waals surface area (Å²) in [5.41, 5.74) is 7.98. The summed E-state index contributed by atoms with van der Waals surface area (Å²) >= 11 is 0. The zero-order chi connectivity index (χ0) is 65.5. The number of fused-ring (bicyclic) bond motifs is 3. The summed E-state index contributed by atoms with van der Waals surface area (Å²) in [4.78, 5) is 82.2. The Morgan fingerprint density at radius 2 is 0.957 bits per heavy atom. The minimum absolute atomic E-state index is 0. The number of anilines is 3. The summed E-state index contributed by atoms with van der Waals surface area (Å²) in [6.45, 7) is 19.7. The number of rotatable bonds is 23. The third-order valence-corrected chi connectivity index (χ3v) is 15.5. The smallest absolute Gasteiger partial charge is 1.00 e. The minimum Gasteiger partial charge on any atom is -1.00 e. The number of halogens is 1. The molecule has 0 spiro atoms. The molecule has 3 aromatic heterocycles. The Hall–Kier alpha value is -7.12. The Morgan fingerprint density at radius 1 is 0.574 bits per heavy atom. The van der Waals surface area contributed by atoms with Gasteiger partial charge in [0, 0.05) is 87.9 Å². The summed E-state index contributed by atoms with van der Waals surface area (Å²) in [5.74, 6) is 1.88. The summed E-state index contributed by atoms with van der Waals surface area (Å²) < 4.78 is 36.2. The fourth-order valence-electron chi connectivity index (χ4n) is 10.7. The second kappa shape index (κ2) is 42.3. The topological polar surface area (TPSA) is 259 Å². The van der Waals surface area contributed by atoms with Crippen molar-refractivity contribution in [1.29, 1.82) is 5.26 Å². The van der Waals surface area contributed by atoms with Crippen molar-refractivity contribution in [3.8, 4) is 24.1 Å². The van der Waals surface area contributed by atoms with Crippen molar-refractivity contribution >= 4 is 64.0 Å². The molecule has 3 fully saturated rings. The normalized spacial score (nSPS) is 15.0. The SMILES string of the molecule is C1CCNC1.C1CCOC1.CCC(=O)c1ccc(CN2C(=O)Cc3cnc(OCCOC)nc32)cc1.CCC(c1ccc(CN2C(=O)Cc3cnc(OCCOC)nc32)cc1)N1CCCC1.COCCOc1ncc2c(n1)N(Cc1ccc(C#N)cc1)C(=O)C2.[Br-].[CH2-]C.[Mg+2]. The fourth-order valence-corrected chi connectivity index (χ4v) is 10.7. The number of nitrogens with one attached hydrogen (secondary N) is 1. The molecule has 3 saturated heterocycles. The van der Waals surface area contributed by atoms with Crippen LogP contribution in [0.2, 0.25) is 0 Å². The standard InChI is InChI=1S/C23H30N4O3.C19H21N3O4.C17H16N4O3.C4H9N.C4H8O.C2H5.BrH.Mg/c1-3-20(26-10-4-5-11-26)18-8-6-17(7-9-18)16-27-21(28)14-19-15-24-23(25-22(19)27)30-13-12-29-2;1-3-16(23)14-6-4-13(5-7-14)12-22-17(24)10-15-11-20-19(21-18(15)22)26-9-8-25-2;1-23-6-7-24-17-19-10-14-8-15(22)21(16(14)20-17)11-13-4-2-12(9-18)3-5-13;2*1-2-4-5-3-1;1-2;;/h6-9,15,20H,3-5,10-14,16H2,1-2H3;4-7,11H,3,8-10,12H2,1-2H3;2-5,10H,6-8,11H2,1H3;5H,1-4H2;1-4H2;1H2,2H3;1H;/q;;;;;-1;;+2/p-1. The zero-order valence-corrected chi connectivity index (χ0v) is 58.3. The number of hydrogen-bond donors (Lipinski definition) is 1. The monoisotopic (exact) mass is 1360 g/mol. The Bertz CT molecular complexity index is 3290. The van der Waals surface area contributed by atoms with Crippen LogP contribution in [0.1, 0.15) is 133 Å². The van der Waals surface area contributed by atoms with Crippen LogP contribution in [0.3, 0.4) is 0 Å². The van der Waals surface area contributed by atoms with Gasteiger partial charge in [0.15, 0.2) is 5.78 Å². The number of carbonyl (C=O) groups is 4. The van der Waals surface area contributed by atoms with Crippen LogP contribution in [0.4, 0.5) is 17.5 Å². The van der Waals surface area contributed by atoms with E-state index in [0.717, 1.165) is 53.0 Å². The van der Waals surface area contributed by atoms with Crippen LogP contribution >= 0.6 is 0 Å². The second-order valence-electron chi connectivity index (χ2n) is 22.0. The number of amides is 3. The van der Waals surface area contributed by atoms with E-state index >= 15 is 0 Å². The van der Waals surface area contributed by atoms with Crippen LogP contribution in [0.5, 0.6) is 18.0 Å². The molecule has 500 valence electrons. The van der Waals surface area contributed by atoms with Crippen LogP contribution in [0, 0.1) is 18.3 Å². The van der Waals surface area contributed by atoms with E-state index in [1.54, 1.807) is 85.8 Å². The molecule has 0 saturated carbocycles. The molecule has 3 amide bonds. The van der Waals surface area contributed by atoms with Gasteiger partial charge in [-0.15, -0.1) is 0 Å². The molecule has 6 aliphatic heterocycles. The Balaban J connectivity index is 0.000000232. The number of aromatic nitrogens is 6. The molecule has 23 nitrogen and oxygen atoms in total. The molecule has 94 heavy (non-hydrogen) atoms. The van der Waals surface area contributed by atoms with Gasteiger partial charge in [0.25, 0.3) is 0 Å². The molecule has 6 aliphatic rings. The van der Waals surface area contributed by atoms with E-state index in [4.69, 9.17) is 38.4 Å². The van der Waals surface area contributed by atoms with E-state index in [1.165, 1.54) is 70.3 Å². The van der Waals surface area contributed by atoms with Gasteiger partial charge in [-0.1, -0.05) is 74.5 Å². The quantitative estimate of drug-likeness (QED) is 0.0364. The number of likely N-dealkylation sites (tertiary alicyclic amines) is 1. The van der Waals surface area contributed by atoms with E-state index < -0.39 is 0 Å². The van der Waals surface area contributed by atoms with Gasteiger partial charge in [-0.25, -0.2) is 15.0 Å². The Kier molecular flexibility index (Phi) is 34.9. The van der Waals surface area contributed by atoms with Gasteiger partial charge in [0.2, 0.25) is 17.7 Å². The molecule has 1 unspecified atom stereocenters. The maximum Gasteiger partial charge on any atom is 2.00 e. The molecule has 12 rings (SSSR count). The first kappa shape index (κ1) is 77.6. The number of ketones is 1. The van der Waals surface area contributed by atoms with Gasteiger partial charge >= 0.3 is 41.1 Å². The first-order chi connectivity index (χ1) is 45.0. The largest absolute Gasteiger partial charge is 2.00 e. The maximum atomic E-state index is 12.6. The predicted molar refractivity (Wildman–Crippen MR) is 354 cm³/mol. The summed E-state index contributed by atoms with van der Waals surface area (Å²) in [6.07, 6.45) is 15.3.